The summed E-state index contributed by atoms with van der Waals surface area (Å²) in [6, 6.07) is 9.85. The molecule has 0 fully saturated rings. The van der Waals surface area contributed by atoms with Gasteiger partial charge in [-0.25, -0.2) is 4.98 Å². The zero-order chi connectivity index (χ0) is 12.4. The van der Waals surface area contributed by atoms with E-state index in [4.69, 9.17) is 4.42 Å². The monoisotopic (exact) mass is 257 g/mol. The minimum Gasteiger partial charge on any atom is -0.463 e. The number of anilines is 1. The largest absolute Gasteiger partial charge is 0.463 e. The number of thiazole rings is 1. The molecular weight excluding hydrogens is 246 g/mol. The van der Waals surface area contributed by atoms with E-state index in [0.29, 0.717) is 5.76 Å². The molecule has 0 unspecified atom stereocenters. The number of aryl methyl sites for hydroxylation is 1. The highest BCUT2D eigenvalue weighted by Gasteiger charge is 2.02. The second kappa shape index (κ2) is 4.62. The molecule has 5 heteroatoms. The van der Waals surface area contributed by atoms with Gasteiger partial charge in [-0.15, -0.1) is 0 Å². The standard InChI is InChI=1S/C13H11N3OS/c1-9-4-5-11-12(7-9)18-13(15-11)16-14-8-10-3-2-6-17-10/h2-8H,1H3,(H,15,16). The van der Waals surface area contributed by atoms with Crippen molar-refractivity contribution < 1.29 is 4.42 Å². The van der Waals surface area contributed by atoms with Crippen molar-refractivity contribution in [3.8, 4) is 0 Å². The first kappa shape index (κ1) is 11.0. The molecule has 0 amide bonds. The number of nitrogens with zero attached hydrogens (tertiary/aromatic N) is 2. The summed E-state index contributed by atoms with van der Waals surface area (Å²) in [5.74, 6) is 0.708. The lowest BCUT2D eigenvalue weighted by Gasteiger charge is -1.90. The molecule has 0 saturated heterocycles. The lowest BCUT2D eigenvalue weighted by Crippen LogP contribution is -1.88. The first-order chi connectivity index (χ1) is 8.81. The van der Waals surface area contributed by atoms with E-state index in [1.807, 2.05) is 18.2 Å². The van der Waals surface area contributed by atoms with E-state index in [-0.39, 0.29) is 0 Å². The average Bonchev–Trinajstić information content (AvgIpc) is 2.97. The van der Waals surface area contributed by atoms with Crippen LogP contribution in [0.5, 0.6) is 0 Å². The predicted molar refractivity (Wildman–Crippen MR) is 74.3 cm³/mol. The molecule has 90 valence electrons. The first-order valence-corrected chi connectivity index (χ1v) is 6.33. The molecule has 0 bridgehead atoms. The van der Waals surface area contributed by atoms with Crippen LogP contribution in [0.1, 0.15) is 11.3 Å². The van der Waals surface area contributed by atoms with Crippen molar-refractivity contribution in [1.29, 1.82) is 0 Å². The number of furan rings is 1. The molecule has 1 N–H and O–H groups in total. The predicted octanol–water partition coefficient (Wildman–Crippen LogP) is 3.64. The SMILES string of the molecule is Cc1ccc2nc(NN=Cc3ccco3)sc2c1. The van der Waals surface area contributed by atoms with E-state index in [1.54, 1.807) is 23.8 Å². The van der Waals surface area contributed by atoms with Crippen LogP contribution in [0, 0.1) is 6.92 Å². The molecular formula is C13H11N3OS. The van der Waals surface area contributed by atoms with E-state index >= 15 is 0 Å². The van der Waals surface area contributed by atoms with E-state index < -0.39 is 0 Å². The van der Waals surface area contributed by atoms with Gasteiger partial charge >= 0.3 is 0 Å². The van der Waals surface area contributed by atoms with Crippen molar-refractivity contribution in [3.05, 3.63) is 47.9 Å². The lowest BCUT2D eigenvalue weighted by molar-refractivity contribution is 0.560. The fourth-order valence-electron chi connectivity index (χ4n) is 1.60. The van der Waals surface area contributed by atoms with Crippen LogP contribution < -0.4 is 5.43 Å². The van der Waals surface area contributed by atoms with Crippen molar-refractivity contribution in [2.24, 2.45) is 5.10 Å². The normalized spacial score (nSPS) is 11.4. The molecule has 4 nitrogen and oxygen atoms in total. The maximum atomic E-state index is 5.14. The third-order valence-electron chi connectivity index (χ3n) is 2.44. The lowest BCUT2D eigenvalue weighted by atomic mass is 10.2. The first-order valence-electron chi connectivity index (χ1n) is 5.51. The quantitative estimate of drug-likeness (QED) is 0.575. The minimum absolute atomic E-state index is 0.708. The van der Waals surface area contributed by atoms with Gasteiger partial charge in [0.25, 0.3) is 0 Å². The smallest absolute Gasteiger partial charge is 0.204 e. The van der Waals surface area contributed by atoms with E-state index in [2.05, 4.69) is 34.6 Å². The maximum Gasteiger partial charge on any atom is 0.204 e. The number of fused-ring (bicyclic) bond motifs is 1. The number of hydrazone groups is 1. The summed E-state index contributed by atoms with van der Waals surface area (Å²) in [5, 5.41) is 4.86. The number of aromatic nitrogens is 1. The number of rotatable bonds is 3. The van der Waals surface area contributed by atoms with Gasteiger partial charge in [0.05, 0.1) is 22.7 Å². The molecule has 0 aliphatic heterocycles. The Morgan fingerprint density at radius 3 is 3.17 bits per heavy atom. The molecule has 0 saturated carbocycles. The third-order valence-corrected chi connectivity index (χ3v) is 3.36. The van der Waals surface area contributed by atoms with Gasteiger partial charge in [-0.3, -0.25) is 5.43 Å². The van der Waals surface area contributed by atoms with Crippen LogP contribution in [0.2, 0.25) is 0 Å². The Bertz CT molecular complexity index is 685. The van der Waals surface area contributed by atoms with Crippen LogP contribution in [0.25, 0.3) is 10.2 Å². The van der Waals surface area contributed by atoms with E-state index in [9.17, 15) is 0 Å². The van der Waals surface area contributed by atoms with Gasteiger partial charge in [-0.05, 0) is 36.8 Å². The molecule has 3 rings (SSSR count). The second-order valence-corrected chi connectivity index (χ2v) is 4.91. The molecule has 0 spiro atoms. The Morgan fingerprint density at radius 1 is 1.39 bits per heavy atom. The minimum atomic E-state index is 0.708. The van der Waals surface area contributed by atoms with Crippen molar-refractivity contribution >= 4 is 32.9 Å². The third kappa shape index (κ3) is 2.26. The van der Waals surface area contributed by atoms with Crippen LogP contribution in [0.3, 0.4) is 0 Å². The van der Waals surface area contributed by atoms with Crippen LogP contribution >= 0.6 is 11.3 Å². The van der Waals surface area contributed by atoms with Gasteiger partial charge in [-0.2, -0.15) is 5.10 Å². The van der Waals surface area contributed by atoms with Crippen LogP contribution in [-0.2, 0) is 0 Å². The van der Waals surface area contributed by atoms with Gasteiger partial charge < -0.3 is 4.42 Å². The Morgan fingerprint density at radius 2 is 2.33 bits per heavy atom. The fraction of sp³-hybridized carbons (Fsp3) is 0.0769. The zero-order valence-electron chi connectivity index (χ0n) is 9.75. The summed E-state index contributed by atoms with van der Waals surface area (Å²) in [5.41, 5.74) is 5.13. The molecule has 0 aliphatic carbocycles. The summed E-state index contributed by atoms with van der Waals surface area (Å²) in [6.45, 7) is 2.07. The summed E-state index contributed by atoms with van der Waals surface area (Å²) >= 11 is 1.58. The van der Waals surface area contributed by atoms with Crippen molar-refractivity contribution in [2.45, 2.75) is 6.92 Å². The molecule has 0 radical (unpaired) electrons. The molecule has 3 aromatic rings. The Kier molecular flexibility index (Phi) is 2.82. The fourth-order valence-corrected chi connectivity index (χ4v) is 2.51. The van der Waals surface area contributed by atoms with Crippen LogP contribution in [0.4, 0.5) is 5.13 Å². The molecule has 0 aliphatic rings. The highest BCUT2D eigenvalue weighted by molar-refractivity contribution is 7.22. The number of nitrogens with one attached hydrogen (secondary N) is 1. The highest BCUT2D eigenvalue weighted by Crippen LogP contribution is 2.26. The summed E-state index contributed by atoms with van der Waals surface area (Å²) in [6.07, 6.45) is 3.24. The second-order valence-electron chi connectivity index (χ2n) is 3.88. The van der Waals surface area contributed by atoms with E-state index in [0.717, 1.165) is 15.3 Å². The number of hydrogen-bond donors (Lipinski definition) is 1. The summed E-state index contributed by atoms with van der Waals surface area (Å²) in [7, 11) is 0. The van der Waals surface area contributed by atoms with Crippen molar-refractivity contribution in [2.75, 3.05) is 5.43 Å². The highest BCUT2D eigenvalue weighted by atomic mass is 32.1. The average molecular weight is 257 g/mol. The summed E-state index contributed by atoms with van der Waals surface area (Å²) < 4.78 is 6.30. The van der Waals surface area contributed by atoms with Crippen LogP contribution in [-0.4, -0.2) is 11.2 Å². The number of hydrogen-bond acceptors (Lipinski definition) is 5. The Labute approximate surface area is 108 Å². The van der Waals surface area contributed by atoms with Crippen molar-refractivity contribution in [1.82, 2.24) is 4.98 Å². The van der Waals surface area contributed by atoms with Crippen molar-refractivity contribution in [3.63, 3.8) is 0 Å². The zero-order valence-corrected chi connectivity index (χ0v) is 10.6. The van der Waals surface area contributed by atoms with Gasteiger partial charge in [0.1, 0.15) is 5.76 Å². The van der Waals surface area contributed by atoms with Gasteiger partial charge in [0, 0.05) is 0 Å². The topological polar surface area (TPSA) is 50.4 Å². The van der Waals surface area contributed by atoms with E-state index in [1.165, 1.54) is 5.56 Å². The Balaban J connectivity index is 1.79. The summed E-state index contributed by atoms with van der Waals surface area (Å²) in [4.78, 5) is 4.44. The molecule has 2 heterocycles. The number of benzene rings is 1. The van der Waals surface area contributed by atoms with Gasteiger partial charge in [0.2, 0.25) is 5.13 Å². The van der Waals surface area contributed by atoms with Gasteiger partial charge in [0.15, 0.2) is 0 Å². The molecule has 1 aromatic carbocycles. The molecule has 18 heavy (non-hydrogen) atoms. The van der Waals surface area contributed by atoms with Gasteiger partial charge in [-0.1, -0.05) is 17.4 Å². The molecule has 0 atom stereocenters. The Hall–Kier alpha value is -2.14. The molecule has 2 aromatic heterocycles. The van der Waals surface area contributed by atoms with Crippen LogP contribution in [0.15, 0.2) is 46.1 Å². The maximum absolute atomic E-state index is 5.14.